The highest BCUT2D eigenvalue weighted by atomic mass is 16.5. The summed E-state index contributed by atoms with van der Waals surface area (Å²) in [7, 11) is 5.32. The van der Waals surface area contributed by atoms with Crippen LogP contribution in [0.4, 0.5) is 5.69 Å². The molecular weight excluding hydrogens is 316 g/mol. The lowest BCUT2D eigenvalue weighted by Gasteiger charge is -2.16. The molecule has 0 bridgehead atoms. The van der Waals surface area contributed by atoms with Crippen molar-refractivity contribution in [1.82, 2.24) is 9.47 Å². The van der Waals surface area contributed by atoms with Gasteiger partial charge in [0.2, 0.25) is 0 Å². The van der Waals surface area contributed by atoms with Gasteiger partial charge in [-0.05, 0) is 43.7 Å². The van der Waals surface area contributed by atoms with E-state index >= 15 is 0 Å². The molecule has 2 rings (SSSR count). The van der Waals surface area contributed by atoms with Gasteiger partial charge in [-0.1, -0.05) is 0 Å². The molecule has 0 saturated carbocycles. The molecule has 1 aromatic carbocycles. The van der Waals surface area contributed by atoms with Gasteiger partial charge in [-0.3, -0.25) is 4.79 Å². The zero-order valence-corrected chi connectivity index (χ0v) is 15.4. The maximum Gasteiger partial charge on any atom is 0.253 e. The Kier molecular flexibility index (Phi) is 5.71. The number of aromatic nitrogens is 1. The quantitative estimate of drug-likeness (QED) is 0.878. The molecule has 1 aromatic heterocycles. The largest absolute Gasteiger partial charge is 0.492 e. The zero-order chi connectivity index (χ0) is 18.6. The average molecular weight is 340 g/mol. The van der Waals surface area contributed by atoms with Crippen molar-refractivity contribution in [1.29, 1.82) is 5.26 Å². The molecule has 132 valence electrons. The van der Waals surface area contributed by atoms with Gasteiger partial charge in [-0.25, -0.2) is 0 Å². The van der Waals surface area contributed by atoms with E-state index in [1.165, 1.54) is 4.90 Å². The van der Waals surface area contributed by atoms with Crippen LogP contribution in [0.5, 0.6) is 5.75 Å². The maximum atomic E-state index is 12.1. The maximum absolute atomic E-state index is 12.1. The number of carbonyl (C=O) groups excluding carboxylic acids is 1. The van der Waals surface area contributed by atoms with Gasteiger partial charge in [0.15, 0.2) is 0 Å². The van der Waals surface area contributed by atoms with Crippen molar-refractivity contribution in [3.05, 3.63) is 46.8 Å². The first-order valence-corrected chi connectivity index (χ1v) is 8.16. The van der Waals surface area contributed by atoms with Gasteiger partial charge in [0.05, 0.1) is 12.3 Å². The van der Waals surface area contributed by atoms with Crippen LogP contribution in [-0.4, -0.2) is 36.1 Å². The van der Waals surface area contributed by atoms with Crippen LogP contribution in [0.3, 0.4) is 0 Å². The molecule has 25 heavy (non-hydrogen) atoms. The highest BCUT2D eigenvalue weighted by Crippen LogP contribution is 2.27. The number of amides is 1. The molecule has 0 unspecified atom stereocenters. The zero-order valence-electron chi connectivity index (χ0n) is 15.4. The Morgan fingerprint density at radius 1 is 1.36 bits per heavy atom. The normalized spacial score (nSPS) is 10.2. The van der Waals surface area contributed by atoms with E-state index < -0.39 is 0 Å². The molecule has 0 atom stereocenters. The van der Waals surface area contributed by atoms with Gasteiger partial charge < -0.3 is 19.5 Å². The SMILES string of the molecule is CCOc1cc(C(=O)N(C)C)ccc1NCc1cc(C#N)n(C)c1C. The fraction of sp³-hybridized carbons (Fsp3) is 0.368. The molecule has 1 heterocycles. The Morgan fingerprint density at radius 3 is 2.64 bits per heavy atom. The summed E-state index contributed by atoms with van der Waals surface area (Å²) < 4.78 is 7.56. The van der Waals surface area contributed by atoms with Gasteiger partial charge in [0.1, 0.15) is 17.5 Å². The molecule has 6 heteroatoms. The van der Waals surface area contributed by atoms with E-state index in [4.69, 9.17) is 10.00 Å². The van der Waals surface area contributed by atoms with Crippen molar-refractivity contribution in [3.8, 4) is 11.8 Å². The predicted octanol–water partition coefficient (Wildman–Crippen LogP) is 2.92. The summed E-state index contributed by atoms with van der Waals surface area (Å²) in [6.45, 7) is 4.98. The number of carbonyl (C=O) groups is 1. The number of ether oxygens (including phenoxy) is 1. The van der Waals surface area contributed by atoms with Gasteiger partial charge in [-0.15, -0.1) is 0 Å². The van der Waals surface area contributed by atoms with Crippen molar-refractivity contribution in [2.24, 2.45) is 7.05 Å². The number of nitrogens with one attached hydrogen (secondary N) is 1. The number of rotatable bonds is 6. The molecule has 0 aliphatic carbocycles. The summed E-state index contributed by atoms with van der Waals surface area (Å²) in [4.78, 5) is 13.7. The molecule has 6 nitrogen and oxygen atoms in total. The Morgan fingerprint density at radius 2 is 2.08 bits per heavy atom. The number of benzene rings is 1. The second-order valence-corrected chi connectivity index (χ2v) is 6.01. The summed E-state index contributed by atoms with van der Waals surface area (Å²) in [6.07, 6.45) is 0. The minimum atomic E-state index is -0.0648. The third-order valence-corrected chi connectivity index (χ3v) is 4.16. The lowest BCUT2D eigenvalue weighted by Crippen LogP contribution is -2.21. The molecule has 1 N–H and O–H groups in total. The van der Waals surface area contributed by atoms with Crippen LogP contribution in [0.25, 0.3) is 0 Å². The van der Waals surface area contributed by atoms with E-state index in [2.05, 4.69) is 11.4 Å². The van der Waals surface area contributed by atoms with E-state index in [-0.39, 0.29) is 5.91 Å². The van der Waals surface area contributed by atoms with E-state index in [9.17, 15) is 4.79 Å². The molecule has 1 amide bonds. The van der Waals surface area contributed by atoms with Crippen molar-refractivity contribution < 1.29 is 9.53 Å². The smallest absolute Gasteiger partial charge is 0.253 e. The van der Waals surface area contributed by atoms with E-state index in [1.807, 2.05) is 37.6 Å². The lowest BCUT2D eigenvalue weighted by atomic mass is 10.1. The number of anilines is 1. The highest BCUT2D eigenvalue weighted by Gasteiger charge is 2.13. The number of nitrogens with zero attached hydrogens (tertiary/aromatic N) is 3. The van der Waals surface area contributed by atoms with E-state index in [1.54, 1.807) is 26.2 Å². The van der Waals surface area contributed by atoms with Crippen LogP contribution in [0, 0.1) is 18.3 Å². The Hall–Kier alpha value is -2.94. The van der Waals surface area contributed by atoms with Crippen molar-refractivity contribution in [3.63, 3.8) is 0 Å². The van der Waals surface area contributed by atoms with Gasteiger partial charge in [0, 0.05) is 38.9 Å². The van der Waals surface area contributed by atoms with Gasteiger partial charge in [-0.2, -0.15) is 5.26 Å². The first-order valence-electron chi connectivity index (χ1n) is 8.16. The number of hydrogen-bond donors (Lipinski definition) is 1. The fourth-order valence-electron chi connectivity index (χ4n) is 2.57. The first kappa shape index (κ1) is 18.4. The van der Waals surface area contributed by atoms with Crippen LogP contribution < -0.4 is 10.1 Å². The molecule has 0 aliphatic rings. The Balaban J connectivity index is 2.24. The first-order chi connectivity index (χ1) is 11.9. The standard InChI is InChI=1S/C19H24N4O2/c1-6-25-18-10-14(19(24)22(3)4)7-8-17(18)21-12-15-9-16(11-20)23(5)13(15)2/h7-10,21H,6,12H2,1-5H3. The summed E-state index contributed by atoms with van der Waals surface area (Å²) in [5, 5.41) is 12.5. The van der Waals surface area contributed by atoms with Crippen molar-refractivity contribution >= 4 is 11.6 Å². The van der Waals surface area contributed by atoms with Crippen molar-refractivity contribution in [2.75, 3.05) is 26.0 Å². The van der Waals surface area contributed by atoms with Gasteiger partial charge in [0.25, 0.3) is 5.91 Å². The Bertz CT molecular complexity index is 816. The third-order valence-electron chi connectivity index (χ3n) is 4.16. The van der Waals surface area contributed by atoms with E-state index in [0.29, 0.717) is 30.2 Å². The summed E-state index contributed by atoms with van der Waals surface area (Å²) in [6, 6.07) is 9.46. The van der Waals surface area contributed by atoms with Crippen molar-refractivity contribution in [2.45, 2.75) is 20.4 Å². The van der Waals surface area contributed by atoms with Crippen LogP contribution in [0.15, 0.2) is 24.3 Å². The number of hydrogen-bond acceptors (Lipinski definition) is 4. The minimum Gasteiger partial charge on any atom is -0.492 e. The molecule has 0 aliphatic heterocycles. The van der Waals surface area contributed by atoms with Gasteiger partial charge >= 0.3 is 0 Å². The molecule has 0 spiro atoms. The highest BCUT2D eigenvalue weighted by molar-refractivity contribution is 5.95. The summed E-state index contributed by atoms with van der Waals surface area (Å²) in [5.41, 5.74) is 4.13. The average Bonchev–Trinajstić information content (AvgIpc) is 2.87. The predicted molar refractivity (Wildman–Crippen MR) is 97.8 cm³/mol. The topological polar surface area (TPSA) is 70.3 Å². The lowest BCUT2D eigenvalue weighted by molar-refractivity contribution is 0.0827. The molecule has 2 aromatic rings. The third kappa shape index (κ3) is 3.94. The molecule has 0 saturated heterocycles. The summed E-state index contributed by atoms with van der Waals surface area (Å²) >= 11 is 0. The second-order valence-electron chi connectivity index (χ2n) is 6.01. The number of nitriles is 1. The second kappa shape index (κ2) is 7.75. The van der Waals surface area contributed by atoms with Crippen LogP contribution >= 0.6 is 0 Å². The van der Waals surface area contributed by atoms with Crippen LogP contribution in [0.2, 0.25) is 0 Å². The summed E-state index contributed by atoms with van der Waals surface area (Å²) in [5.74, 6) is 0.578. The Labute approximate surface area is 148 Å². The molecule has 0 radical (unpaired) electrons. The minimum absolute atomic E-state index is 0.0648. The van der Waals surface area contributed by atoms with Crippen LogP contribution in [-0.2, 0) is 13.6 Å². The fourth-order valence-corrected chi connectivity index (χ4v) is 2.57. The monoisotopic (exact) mass is 340 g/mol. The van der Waals surface area contributed by atoms with Crippen LogP contribution in [0.1, 0.15) is 34.2 Å². The molecule has 0 fully saturated rings. The van der Waals surface area contributed by atoms with E-state index in [0.717, 1.165) is 16.9 Å². The molecular formula is C19H24N4O2.